The van der Waals surface area contributed by atoms with Crippen molar-refractivity contribution in [1.29, 1.82) is 0 Å². The number of hydrogen-bond acceptors (Lipinski definition) is 8. The quantitative estimate of drug-likeness (QED) is 0.394. The van der Waals surface area contributed by atoms with Crippen LogP contribution in [0.5, 0.6) is 0 Å². The monoisotopic (exact) mass is 322 g/mol. The zero-order valence-electron chi connectivity index (χ0n) is 11.7. The molecule has 0 amide bonds. The SMILES string of the molecule is CC(=O)OC[C@H]1O[C@@H](C(=O)Cl)[C@H](OC(C)=O)[C@@H]1OC(C)=O. The van der Waals surface area contributed by atoms with Crippen LogP contribution < -0.4 is 0 Å². The molecule has 0 aromatic rings. The molecule has 0 aromatic carbocycles. The lowest BCUT2D eigenvalue weighted by molar-refractivity contribution is -0.165. The predicted molar refractivity (Wildman–Crippen MR) is 67.3 cm³/mol. The normalized spacial score (nSPS) is 27.8. The van der Waals surface area contributed by atoms with Gasteiger partial charge in [0.15, 0.2) is 18.3 Å². The Kier molecular flexibility index (Phi) is 6.10. The highest BCUT2D eigenvalue weighted by molar-refractivity contribution is 6.64. The zero-order valence-corrected chi connectivity index (χ0v) is 12.4. The summed E-state index contributed by atoms with van der Waals surface area (Å²) in [6.07, 6.45) is -4.56. The Morgan fingerprint density at radius 2 is 1.48 bits per heavy atom. The van der Waals surface area contributed by atoms with Crippen LogP contribution in [-0.2, 0) is 38.1 Å². The number of halogens is 1. The smallest absolute Gasteiger partial charge is 0.303 e. The Morgan fingerprint density at radius 3 is 1.90 bits per heavy atom. The molecule has 1 aliphatic rings. The van der Waals surface area contributed by atoms with E-state index in [1.54, 1.807) is 0 Å². The van der Waals surface area contributed by atoms with Gasteiger partial charge in [0.25, 0.3) is 5.24 Å². The Balaban J connectivity index is 2.95. The summed E-state index contributed by atoms with van der Waals surface area (Å²) in [5.41, 5.74) is 0. The number of esters is 3. The molecular weight excluding hydrogens is 308 g/mol. The molecule has 21 heavy (non-hydrogen) atoms. The summed E-state index contributed by atoms with van der Waals surface area (Å²) in [6.45, 7) is 3.18. The van der Waals surface area contributed by atoms with E-state index in [-0.39, 0.29) is 6.61 Å². The van der Waals surface area contributed by atoms with Gasteiger partial charge in [-0.1, -0.05) is 0 Å². The lowest BCUT2D eigenvalue weighted by atomic mass is 10.1. The lowest BCUT2D eigenvalue weighted by Gasteiger charge is -2.22. The van der Waals surface area contributed by atoms with E-state index in [4.69, 9.17) is 30.5 Å². The van der Waals surface area contributed by atoms with Crippen molar-refractivity contribution < 1.29 is 38.1 Å². The summed E-state index contributed by atoms with van der Waals surface area (Å²) in [5, 5.41) is -0.913. The average Bonchev–Trinajstić information content (AvgIpc) is 2.64. The maximum absolute atomic E-state index is 11.4. The van der Waals surface area contributed by atoms with E-state index in [0.29, 0.717) is 0 Å². The lowest BCUT2D eigenvalue weighted by Crippen LogP contribution is -2.42. The van der Waals surface area contributed by atoms with E-state index in [2.05, 4.69) is 0 Å². The van der Waals surface area contributed by atoms with E-state index < -0.39 is 47.6 Å². The number of rotatable bonds is 5. The second-order valence-corrected chi connectivity index (χ2v) is 4.72. The van der Waals surface area contributed by atoms with E-state index in [9.17, 15) is 19.2 Å². The molecule has 1 rings (SSSR count). The van der Waals surface area contributed by atoms with Gasteiger partial charge in [-0.05, 0) is 11.6 Å². The van der Waals surface area contributed by atoms with Gasteiger partial charge in [0.05, 0.1) is 0 Å². The van der Waals surface area contributed by atoms with Crippen molar-refractivity contribution in [2.24, 2.45) is 0 Å². The topological polar surface area (TPSA) is 105 Å². The highest BCUT2D eigenvalue weighted by Crippen LogP contribution is 2.29. The fourth-order valence-electron chi connectivity index (χ4n) is 1.90. The summed E-state index contributed by atoms with van der Waals surface area (Å²) in [5.74, 6) is -1.95. The maximum atomic E-state index is 11.4. The molecule has 8 nitrogen and oxygen atoms in total. The molecule has 4 atom stereocenters. The van der Waals surface area contributed by atoms with Gasteiger partial charge in [-0.2, -0.15) is 0 Å². The highest BCUT2D eigenvalue weighted by Gasteiger charge is 2.52. The second kappa shape index (κ2) is 7.37. The molecule has 1 fully saturated rings. The molecule has 9 heteroatoms. The summed E-state index contributed by atoms with van der Waals surface area (Å²) in [6, 6.07) is 0. The Morgan fingerprint density at radius 1 is 0.952 bits per heavy atom. The van der Waals surface area contributed by atoms with Gasteiger partial charge in [-0.15, -0.1) is 0 Å². The molecule has 0 spiro atoms. The van der Waals surface area contributed by atoms with Crippen LogP contribution in [0.2, 0.25) is 0 Å². The van der Waals surface area contributed by atoms with E-state index in [1.165, 1.54) is 6.92 Å². The third-order valence-electron chi connectivity index (χ3n) is 2.59. The number of carbonyl (C=O) groups excluding carboxylic acids is 4. The fraction of sp³-hybridized carbons (Fsp3) is 0.667. The third kappa shape index (κ3) is 4.98. The minimum absolute atomic E-state index is 0.272. The number of carbonyl (C=O) groups is 4. The molecule has 0 bridgehead atoms. The van der Waals surface area contributed by atoms with Crippen molar-refractivity contribution in [2.45, 2.75) is 45.2 Å². The molecule has 0 N–H and O–H groups in total. The largest absolute Gasteiger partial charge is 0.463 e. The molecule has 0 aromatic heterocycles. The van der Waals surface area contributed by atoms with Crippen LogP contribution in [0.25, 0.3) is 0 Å². The van der Waals surface area contributed by atoms with Gasteiger partial charge in [-0.3, -0.25) is 19.2 Å². The first-order valence-corrected chi connectivity index (χ1v) is 6.42. The first kappa shape index (κ1) is 17.4. The van der Waals surface area contributed by atoms with Crippen LogP contribution in [0.15, 0.2) is 0 Å². The van der Waals surface area contributed by atoms with Gasteiger partial charge >= 0.3 is 17.9 Å². The van der Waals surface area contributed by atoms with Crippen molar-refractivity contribution in [2.75, 3.05) is 6.61 Å². The molecule has 118 valence electrons. The second-order valence-electron chi connectivity index (χ2n) is 4.35. The van der Waals surface area contributed by atoms with Crippen molar-refractivity contribution >= 4 is 34.8 Å². The first-order chi connectivity index (χ1) is 9.72. The van der Waals surface area contributed by atoms with Gasteiger partial charge in [0, 0.05) is 20.8 Å². The minimum Gasteiger partial charge on any atom is -0.463 e. The predicted octanol–water partition coefficient (Wildman–Crippen LogP) is -0.0543. The van der Waals surface area contributed by atoms with Crippen LogP contribution in [0.4, 0.5) is 0 Å². The summed E-state index contributed by atoms with van der Waals surface area (Å²) in [7, 11) is 0. The Bertz CT molecular complexity index is 449. The Labute approximate surface area is 125 Å². The van der Waals surface area contributed by atoms with E-state index >= 15 is 0 Å². The van der Waals surface area contributed by atoms with Crippen LogP contribution in [0.1, 0.15) is 20.8 Å². The molecule has 1 saturated heterocycles. The minimum atomic E-state index is -1.31. The fourth-order valence-corrected chi connectivity index (χ4v) is 2.07. The molecular formula is C12H15ClO8. The molecule has 0 saturated carbocycles. The first-order valence-electron chi connectivity index (χ1n) is 6.05. The van der Waals surface area contributed by atoms with Crippen molar-refractivity contribution in [3.8, 4) is 0 Å². The molecule has 0 aliphatic carbocycles. The van der Waals surface area contributed by atoms with Crippen LogP contribution in [0.3, 0.4) is 0 Å². The van der Waals surface area contributed by atoms with Gasteiger partial charge in [-0.25, -0.2) is 0 Å². The van der Waals surface area contributed by atoms with Gasteiger partial charge < -0.3 is 18.9 Å². The number of ether oxygens (including phenoxy) is 4. The van der Waals surface area contributed by atoms with Gasteiger partial charge in [0.2, 0.25) is 0 Å². The van der Waals surface area contributed by atoms with Crippen molar-refractivity contribution in [3.63, 3.8) is 0 Å². The van der Waals surface area contributed by atoms with Crippen LogP contribution in [-0.4, -0.2) is 54.2 Å². The summed E-state index contributed by atoms with van der Waals surface area (Å²) in [4.78, 5) is 44.5. The van der Waals surface area contributed by atoms with E-state index in [0.717, 1.165) is 13.8 Å². The summed E-state index contributed by atoms with van der Waals surface area (Å²) < 4.78 is 20.0. The summed E-state index contributed by atoms with van der Waals surface area (Å²) >= 11 is 5.39. The molecule has 0 radical (unpaired) electrons. The van der Waals surface area contributed by atoms with Crippen molar-refractivity contribution in [1.82, 2.24) is 0 Å². The van der Waals surface area contributed by atoms with Crippen LogP contribution >= 0.6 is 11.6 Å². The Hall–Kier alpha value is -1.67. The standard InChI is InChI=1S/C12H15ClO8/c1-5(14)18-4-8-9(19-6(2)15)10(20-7(3)16)11(21-8)12(13)17/h8-11H,4H2,1-3H3/t8-,9-,10-,11-/m1/s1. The molecule has 1 heterocycles. The molecule has 1 aliphatic heterocycles. The molecule has 0 unspecified atom stereocenters. The maximum Gasteiger partial charge on any atom is 0.303 e. The van der Waals surface area contributed by atoms with Crippen LogP contribution in [0, 0.1) is 0 Å². The van der Waals surface area contributed by atoms with Gasteiger partial charge in [0.1, 0.15) is 12.7 Å². The number of hydrogen-bond donors (Lipinski definition) is 0. The van der Waals surface area contributed by atoms with E-state index in [1.807, 2.05) is 0 Å². The zero-order chi connectivity index (χ0) is 16.2. The highest BCUT2D eigenvalue weighted by atomic mass is 35.5. The third-order valence-corrected chi connectivity index (χ3v) is 2.80. The van der Waals surface area contributed by atoms with Crippen molar-refractivity contribution in [3.05, 3.63) is 0 Å². The average molecular weight is 323 g/mol.